The summed E-state index contributed by atoms with van der Waals surface area (Å²) in [6, 6.07) is 22.0. The number of benzene rings is 3. The number of nitrogens with zero attached hydrogens (tertiary/aromatic N) is 2. The molecule has 9 heteroatoms. The van der Waals surface area contributed by atoms with Gasteiger partial charge in [-0.1, -0.05) is 84.2 Å². The van der Waals surface area contributed by atoms with Gasteiger partial charge in [-0.2, -0.15) is 0 Å². The molecule has 1 fully saturated rings. The lowest BCUT2D eigenvalue weighted by Crippen LogP contribution is -2.53. The van der Waals surface area contributed by atoms with E-state index in [-0.39, 0.29) is 23.4 Å². The van der Waals surface area contributed by atoms with Gasteiger partial charge in [-0.25, -0.2) is 8.42 Å². The number of halogens is 1. The van der Waals surface area contributed by atoms with E-state index in [1.165, 1.54) is 17.0 Å². The molecule has 1 aliphatic rings. The van der Waals surface area contributed by atoms with E-state index in [4.69, 9.17) is 0 Å². The van der Waals surface area contributed by atoms with Crippen molar-refractivity contribution in [1.29, 1.82) is 0 Å². The summed E-state index contributed by atoms with van der Waals surface area (Å²) in [4.78, 5) is 29.3. The molecule has 1 aliphatic carbocycles. The molecule has 4 rings (SSSR count). The first-order valence-corrected chi connectivity index (χ1v) is 15.9. The smallest absolute Gasteiger partial charge is 0.264 e. The van der Waals surface area contributed by atoms with Crippen LogP contribution in [0.1, 0.15) is 50.2 Å². The zero-order chi connectivity index (χ0) is 28.7. The minimum absolute atomic E-state index is 0.0826. The van der Waals surface area contributed by atoms with Gasteiger partial charge >= 0.3 is 0 Å². The summed E-state index contributed by atoms with van der Waals surface area (Å²) in [5, 5.41) is 3.14. The Balaban J connectivity index is 1.71. The van der Waals surface area contributed by atoms with Gasteiger partial charge in [0.15, 0.2) is 0 Å². The molecule has 40 heavy (non-hydrogen) atoms. The first-order valence-electron chi connectivity index (χ1n) is 13.7. The zero-order valence-corrected chi connectivity index (χ0v) is 25.3. The number of hydrogen-bond acceptors (Lipinski definition) is 4. The Hall–Kier alpha value is -3.17. The molecule has 0 bridgehead atoms. The van der Waals surface area contributed by atoms with Crippen LogP contribution in [0.15, 0.2) is 88.2 Å². The molecule has 0 saturated heterocycles. The third-order valence-electron chi connectivity index (χ3n) is 7.40. The van der Waals surface area contributed by atoms with E-state index in [9.17, 15) is 18.0 Å². The standard InChI is InChI=1S/C31H36BrN3O4S/c1-3-29(31(37)33-26-15-9-10-16-26)34(21-24-13-8-7-12-23(24)2)30(36)22-35(27-17-11-14-25(32)20-27)40(38,39)28-18-5-4-6-19-28/h4-8,11-14,17-20,26,29H,3,9-10,15-16,21-22H2,1-2H3,(H,33,37)/t29-/m0/s1. The summed E-state index contributed by atoms with van der Waals surface area (Å²) in [6.45, 7) is 3.58. The van der Waals surface area contributed by atoms with E-state index < -0.39 is 28.5 Å². The van der Waals surface area contributed by atoms with E-state index in [0.717, 1.165) is 41.1 Å². The van der Waals surface area contributed by atoms with Gasteiger partial charge in [0.2, 0.25) is 11.8 Å². The molecule has 0 aromatic heterocycles. The van der Waals surface area contributed by atoms with Gasteiger partial charge in [0.05, 0.1) is 10.6 Å². The largest absolute Gasteiger partial charge is 0.352 e. The molecule has 212 valence electrons. The summed E-state index contributed by atoms with van der Waals surface area (Å²) < 4.78 is 29.6. The van der Waals surface area contributed by atoms with Crippen molar-refractivity contribution in [3.05, 3.63) is 94.5 Å². The fraction of sp³-hybridized carbons (Fsp3) is 0.355. The highest BCUT2D eigenvalue weighted by Crippen LogP contribution is 2.27. The van der Waals surface area contributed by atoms with Crippen molar-refractivity contribution in [2.45, 2.75) is 69.5 Å². The fourth-order valence-electron chi connectivity index (χ4n) is 5.14. The third kappa shape index (κ3) is 7.12. The van der Waals surface area contributed by atoms with E-state index in [1.54, 1.807) is 42.5 Å². The second kappa shape index (κ2) is 13.5. The molecule has 0 aliphatic heterocycles. The zero-order valence-electron chi connectivity index (χ0n) is 22.9. The van der Waals surface area contributed by atoms with Crippen LogP contribution in [0.2, 0.25) is 0 Å². The van der Waals surface area contributed by atoms with Gasteiger partial charge in [0.1, 0.15) is 12.6 Å². The van der Waals surface area contributed by atoms with E-state index in [2.05, 4.69) is 21.2 Å². The van der Waals surface area contributed by atoms with Crippen LogP contribution in [0, 0.1) is 6.92 Å². The lowest BCUT2D eigenvalue weighted by molar-refractivity contribution is -0.140. The van der Waals surface area contributed by atoms with E-state index >= 15 is 0 Å². The van der Waals surface area contributed by atoms with Crippen LogP contribution >= 0.6 is 15.9 Å². The Morgan fingerprint density at radius 3 is 2.30 bits per heavy atom. The molecule has 1 N–H and O–H groups in total. The Morgan fingerprint density at radius 1 is 0.975 bits per heavy atom. The predicted octanol–water partition coefficient (Wildman–Crippen LogP) is 5.82. The first kappa shape index (κ1) is 29.8. The molecule has 7 nitrogen and oxygen atoms in total. The molecule has 0 spiro atoms. The Labute approximate surface area is 245 Å². The molecule has 1 atom stereocenters. The average molecular weight is 627 g/mol. The minimum Gasteiger partial charge on any atom is -0.352 e. The van der Waals surface area contributed by atoms with Gasteiger partial charge in [-0.05, 0) is 67.6 Å². The van der Waals surface area contributed by atoms with Crippen molar-refractivity contribution >= 4 is 43.5 Å². The van der Waals surface area contributed by atoms with Crippen LogP contribution in [0.25, 0.3) is 0 Å². The third-order valence-corrected chi connectivity index (χ3v) is 9.68. The van der Waals surface area contributed by atoms with Crippen molar-refractivity contribution < 1.29 is 18.0 Å². The number of anilines is 1. The van der Waals surface area contributed by atoms with Crippen LogP contribution in [0.4, 0.5) is 5.69 Å². The van der Waals surface area contributed by atoms with Crippen molar-refractivity contribution in [3.63, 3.8) is 0 Å². The van der Waals surface area contributed by atoms with E-state index in [1.807, 2.05) is 38.1 Å². The maximum atomic E-state index is 14.2. The number of nitrogens with one attached hydrogen (secondary N) is 1. The van der Waals surface area contributed by atoms with Crippen molar-refractivity contribution in [3.8, 4) is 0 Å². The number of carbonyl (C=O) groups is 2. The quantitative estimate of drug-likeness (QED) is 0.291. The van der Waals surface area contributed by atoms with Gasteiger partial charge in [0, 0.05) is 17.1 Å². The molecule has 1 saturated carbocycles. The molecule has 3 aromatic carbocycles. The maximum Gasteiger partial charge on any atom is 0.264 e. The molecule has 2 amide bonds. The normalized spacial score (nSPS) is 14.5. The minimum atomic E-state index is -4.09. The Bertz CT molecular complexity index is 1430. The van der Waals surface area contributed by atoms with Crippen molar-refractivity contribution in [2.24, 2.45) is 0 Å². The SMILES string of the molecule is CC[C@@H](C(=O)NC1CCCC1)N(Cc1ccccc1C)C(=O)CN(c1cccc(Br)c1)S(=O)(=O)c1ccccc1. The fourth-order valence-corrected chi connectivity index (χ4v) is 6.95. The first-order chi connectivity index (χ1) is 19.2. The Kier molecular flexibility index (Phi) is 10.0. The van der Waals surface area contributed by atoms with Crippen molar-refractivity contribution in [2.75, 3.05) is 10.8 Å². The molecular weight excluding hydrogens is 590 g/mol. The summed E-state index contributed by atoms with van der Waals surface area (Å²) in [5.74, 6) is -0.646. The van der Waals surface area contributed by atoms with Gasteiger partial charge < -0.3 is 10.2 Å². The highest BCUT2D eigenvalue weighted by molar-refractivity contribution is 9.10. The lowest BCUT2D eigenvalue weighted by Gasteiger charge is -2.34. The molecule has 3 aromatic rings. The summed E-state index contributed by atoms with van der Waals surface area (Å²) in [6.07, 6.45) is 4.41. The number of aryl methyl sites for hydroxylation is 1. The van der Waals surface area contributed by atoms with Crippen LogP contribution < -0.4 is 9.62 Å². The highest BCUT2D eigenvalue weighted by atomic mass is 79.9. The predicted molar refractivity (Wildman–Crippen MR) is 161 cm³/mol. The van der Waals surface area contributed by atoms with Crippen LogP contribution in [0.3, 0.4) is 0 Å². The summed E-state index contributed by atoms with van der Waals surface area (Å²) in [7, 11) is -4.09. The molecule has 0 heterocycles. The lowest BCUT2D eigenvalue weighted by atomic mass is 10.1. The second-order valence-corrected chi connectivity index (χ2v) is 12.9. The van der Waals surface area contributed by atoms with Crippen molar-refractivity contribution in [1.82, 2.24) is 10.2 Å². The number of sulfonamides is 1. The number of amides is 2. The molecule has 0 unspecified atom stereocenters. The van der Waals surface area contributed by atoms with Gasteiger partial charge in [-0.3, -0.25) is 13.9 Å². The summed E-state index contributed by atoms with van der Waals surface area (Å²) in [5.41, 5.74) is 2.25. The monoisotopic (exact) mass is 625 g/mol. The maximum absolute atomic E-state index is 14.2. The number of carbonyl (C=O) groups excluding carboxylic acids is 2. The average Bonchev–Trinajstić information content (AvgIpc) is 3.46. The van der Waals surface area contributed by atoms with Crippen LogP contribution in [-0.4, -0.2) is 43.8 Å². The number of rotatable bonds is 11. The topological polar surface area (TPSA) is 86.8 Å². The van der Waals surface area contributed by atoms with Crippen LogP contribution in [-0.2, 0) is 26.2 Å². The second-order valence-electron chi connectivity index (χ2n) is 10.2. The van der Waals surface area contributed by atoms with Gasteiger partial charge in [-0.15, -0.1) is 0 Å². The van der Waals surface area contributed by atoms with Crippen LogP contribution in [0.5, 0.6) is 0 Å². The number of hydrogen-bond donors (Lipinski definition) is 1. The Morgan fingerprint density at radius 2 is 1.65 bits per heavy atom. The molecule has 0 radical (unpaired) electrons. The molecular formula is C31H36BrN3O4S. The summed E-state index contributed by atoms with van der Waals surface area (Å²) >= 11 is 3.43. The van der Waals surface area contributed by atoms with E-state index in [0.29, 0.717) is 16.6 Å². The van der Waals surface area contributed by atoms with Gasteiger partial charge in [0.25, 0.3) is 10.0 Å². The highest BCUT2D eigenvalue weighted by Gasteiger charge is 2.34.